The lowest BCUT2D eigenvalue weighted by Crippen LogP contribution is -2.28. The topological polar surface area (TPSA) is 96.0 Å². The smallest absolute Gasteiger partial charge is 0.357 e. The van der Waals surface area contributed by atoms with Crippen LogP contribution in [0.5, 0.6) is 0 Å². The molecule has 0 saturated heterocycles. The lowest BCUT2D eigenvalue weighted by Gasteiger charge is -2.10. The van der Waals surface area contributed by atoms with Crippen LogP contribution in [0.25, 0.3) is 17.8 Å². The molecule has 0 aliphatic rings. The van der Waals surface area contributed by atoms with Gasteiger partial charge in [-0.2, -0.15) is 15.0 Å². The van der Waals surface area contributed by atoms with Crippen molar-refractivity contribution in [2.45, 2.75) is 6.92 Å². The molecule has 6 nitrogen and oxygen atoms in total. The first-order valence-electron chi connectivity index (χ1n) is 8.32. The number of hydrogen-bond acceptors (Lipinski definition) is 4. The van der Waals surface area contributed by atoms with Crippen molar-refractivity contribution in [3.05, 3.63) is 91.6 Å². The first-order chi connectivity index (χ1) is 13.8. The van der Waals surface area contributed by atoms with Crippen LogP contribution in [0.2, 0.25) is 5.02 Å². The van der Waals surface area contributed by atoms with Crippen LogP contribution in [0.1, 0.15) is 32.7 Å². The summed E-state index contributed by atoms with van der Waals surface area (Å²) in [7, 11) is 0. The molecule has 1 heterocycles. The number of hydrogen-bond donors (Lipinski definition) is 1. The molecule has 0 aliphatic heterocycles. The van der Waals surface area contributed by atoms with Gasteiger partial charge in [-0.1, -0.05) is 42.0 Å². The Labute approximate surface area is 169 Å². The first kappa shape index (κ1) is 20.0. The van der Waals surface area contributed by atoms with Crippen LogP contribution in [-0.2, 0) is 0 Å². The minimum atomic E-state index is -1.41. The number of rotatable bonds is 4. The van der Waals surface area contributed by atoms with Gasteiger partial charge >= 0.3 is 5.97 Å². The zero-order chi connectivity index (χ0) is 21.1. The van der Waals surface area contributed by atoms with E-state index in [4.69, 9.17) is 11.6 Å². The fraction of sp³-hybridized carbons (Fsp3) is 0.0476. The summed E-state index contributed by atoms with van der Waals surface area (Å²) in [6, 6.07) is 11.8. The van der Waals surface area contributed by atoms with Crippen molar-refractivity contribution in [3.8, 4) is 11.8 Å². The lowest BCUT2D eigenvalue weighted by atomic mass is 10.1. The van der Waals surface area contributed by atoms with Crippen molar-refractivity contribution >= 4 is 29.7 Å². The predicted octanol–water partition coefficient (Wildman–Crippen LogP) is 4.07. The number of carbonyl (C=O) groups is 1. The summed E-state index contributed by atoms with van der Waals surface area (Å²) in [6.07, 6.45) is 2.77. The average Bonchev–Trinajstić information content (AvgIpc) is 2.69. The van der Waals surface area contributed by atoms with Gasteiger partial charge in [0.15, 0.2) is 5.69 Å². The molecule has 0 saturated carbocycles. The quantitative estimate of drug-likeness (QED) is 0.700. The maximum atomic E-state index is 13.0. The van der Waals surface area contributed by atoms with Gasteiger partial charge in [0.1, 0.15) is 17.4 Å². The third kappa shape index (κ3) is 4.08. The molecule has 0 fully saturated rings. The van der Waals surface area contributed by atoms with Crippen LogP contribution in [0, 0.1) is 24.1 Å². The van der Waals surface area contributed by atoms with Crippen LogP contribution in [-0.4, -0.2) is 20.9 Å². The summed E-state index contributed by atoms with van der Waals surface area (Å²) in [4.78, 5) is 24.6. The molecule has 0 unspecified atom stereocenters. The first-order valence-corrected chi connectivity index (χ1v) is 8.70. The number of aryl methyl sites for hydroxylation is 1. The predicted molar refractivity (Wildman–Crippen MR) is 107 cm³/mol. The standard InChI is InChI=1S/C21H13ClFN3O3/c1-12-2-8-15(10-18(12)22)26-20(27)17(11-24)16(19(25-26)21(28)29)9-5-13-3-6-14(23)7-4-13/h2-10H,1H3,(H,28,29)/b9-5-. The van der Waals surface area contributed by atoms with E-state index in [1.807, 2.05) is 0 Å². The van der Waals surface area contributed by atoms with Crippen molar-refractivity contribution in [1.29, 1.82) is 5.26 Å². The number of aromatic nitrogens is 2. The summed E-state index contributed by atoms with van der Waals surface area (Å²) in [5.74, 6) is -1.83. The van der Waals surface area contributed by atoms with E-state index in [1.165, 1.54) is 42.5 Å². The molecule has 8 heteroatoms. The third-order valence-corrected chi connectivity index (χ3v) is 4.56. The van der Waals surface area contributed by atoms with E-state index in [1.54, 1.807) is 25.1 Å². The van der Waals surface area contributed by atoms with Crippen molar-refractivity contribution < 1.29 is 14.3 Å². The molecule has 0 amide bonds. The van der Waals surface area contributed by atoms with E-state index in [0.717, 1.165) is 10.2 Å². The Kier molecular flexibility index (Phi) is 5.57. The summed E-state index contributed by atoms with van der Waals surface area (Å²) in [5.41, 5.74) is -0.218. The van der Waals surface area contributed by atoms with Crippen molar-refractivity contribution in [3.63, 3.8) is 0 Å². The summed E-state index contributed by atoms with van der Waals surface area (Å²) in [5, 5.41) is 23.4. The molecule has 3 rings (SSSR count). The molecular formula is C21H13ClFN3O3. The molecule has 1 N–H and O–H groups in total. The molecule has 1 aromatic heterocycles. The fourth-order valence-electron chi connectivity index (χ4n) is 2.61. The van der Waals surface area contributed by atoms with Gasteiger partial charge in [-0.25, -0.2) is 9.18 Å². The Balaban J connectivity index is 2.21. The van der Waals surface area contributed by atoms with Crippen LogP contribution >= 0.6 is 11.6 Å². The van der Waals surface area contributed by atoms with Gasteiger partial charge in [0.25, 0.3) is 5.56 Å². The Morgan fingerprint density at radius 2 is 1.93 bits per heavy atom. The number of halogens is 2. The summed E-state index contributed by atoms with van der Waals surface area (Å²) in [6.45, 7) is 1.77. The van der Waals surface area contributed by atoms with Gasteiger partial charge in [-0.15, -0.1) is 0 Å². The van der Waals surface area contributed by atoms with E-state index < -0.39 is 23.0 Å². The zero-order valence-corrected chi connectivity index (χ0v) is 15.8. The molecule has 2 aromatic carbocycles. The van der Waals surface area contributed by atoms with Crippen molar-refractivity contribution in [2.75, 3.05) is 0 Å². The number of nitrogens with zero attached hydrogens (tertiary/aromatic N) is 3. The van der Waals surface area contributed by atoms with E-state index >= 15 is 0 Å². The molecule has 0 radical (unpaired) electrons. The van der Waals surface area contributed by atoms with E-state index in [-0.39, 0.29) is 16.8 Å². The minimum Gasteiger partial charge on any atom is -0.476 e. The second-order valence-electron chi connectivity index (χ2n) is 6.09. The summed E-state index contributed by atoms with van der Waals surface area (Å²) >= 11 is 6.09. The van der Waals surface area contributed by atoms with E-state index in [0.29, 0.717) is 10.6 Å². The molecule has 144 valence electrons. The molecule has 0 spiro atoms. The minimum absolute atomic E-state index is 0.135. The fourth-order valence-corrected chi connectivity index (χ4v) is 2.78. The zero-order valence-electron chi connectivity index (χ0n) is 15.1. The van der Waals surface area contributed by atoms with Crippen molar-refractivity contribution in [2.24, 2.45) is 0 Å². The number of carboxylic acid groups (broad SMARTS) is 1. The van der Waals surface area contributed by atoms with Crippen LogP contribution in [0.4, 0.5) is 4.39 Å². The monoisotopic (exact) mass is 409 g/mol. The third-order valence-electron chi connectivity index (χ3n) is 4.16. The number of aromatic carboxylic acids is 1. The Hall–Kier alpha value is -3.76. The van der Waals surface area contributed by atoms with E-state index in [9.17, 15) is 24.3 Å². The van der Waals surface area contributed by atoms with Gasteiger partial charge in [0, 0.05) is 10.6 Å². The second-order valence-corrected chi connectivity index (χ2v) is 6.50. The maximum Gasteiger partial charge on any atom is 0.357 e. The van der Waals surface area contributed by atoms with Gasteiger partial charge in [0.05, 0.1) is 5.69 Å². The van der Waals surface area contributed by atoms with Gasteiger partial charge in [-0.3, -0.25) is 4.79 Å². The normalized spacial score (nSPS) is 10.8. The number of carboxylic acids is 1. The van der Waals surface area contributed by atoms with Gasteiger partial charge in [-0.05, 0) is 42.3 Å². The lowest BCUT2D eigenvalue weighted by molar-refractivity contribution is 0.0688. The Bertz CT molecular complexity index is 1240. The molecule has 0 bridgehead atoms. The van der Waals surface area contributed by atoms with Crippen molar-refractivity contribution in [1.82, 2.24) is 9.78 Å². The largest absolute Gasteiger partial charge is 0.476 e. The van der Waals surface area contributed by atoms with E-state index in [2.05, 4.69) is 5.10 Å². The molecule has 0 atom stereocenters. The Morgan fingerprint density at radius 1 is 1.24 bits per heavy atom. The highest BCUT2D eigenvalue weighted by Gasteiger charge is 2.21. The van der Waals surface area contributed by atoms with Crippen LogP contribution in [0.3, 0.4) is 0 Å². The van der Waals surface area contributed by atoms with Crippen LogP contribution in [0.15, 0.2) is 47.3 Å². The number of nitriles is 1. The van der Waals surface area contributed by atoms with Crippen LogP contribution < -0.4 is 5.56 Å². The molecule has 0 aliphatic carbocycles. The second kappa shape index (κ2) is 8.09. The summed E-state index contributed by atoms with van der Waals surface area (Å²) < 4.78 is 13.9. The Morgan fingerprint density at radius 3 is 2.52 bits per heavy atom. The highest BCUT2D eigenvalue weighted by molar-refractivity contribution is 6.31. The molecule has 3 aromatic rings. The number of benzene rings is 2. The van der Waals surface area contributed by atoms with Gasteiger partial charge in [0.2, 0.25) is 0 Å². The average molecular weight is 410 g/mol. The van der Waals surface area contributed by atoms with Gasteiger partial charge < -0.3 is 5.11 Å². The molecule has 29 heavy (non-hydrogen) atoms. The highest BCUT2D eigenvalue weighted by atomic mass is 35.5. The molecular weight excluding hydrogens is 397 g/mol. The highest BCUT2D eigenvalue weighted by Crippen LogP contribution is 2.20. The maximum absolute atomic E-state index is 13.0. The SMILES string of the molecule is Cc1ccc(-n2nc(C(=O)O)c(/C=C\c3ccc(F)cc3)c(C#N)c2=O)cc1Cl.